The molecule has 230 valence electrons. The number of thiophene rings is 1. The summed E-state index contributed by atoms with van der Waals surface area (Å²) >= 11 is 1.81. The van der Waals surface area contributed by atoms with Crippen molar-refractivity contribution in [3.05, 3.63) is 176 Å². The molecule has 9 aromatic rings. The zero-order valence-electron chi connectivity index (χ0n) is 26.5. The summed E-state index contributed by atoms with van der Waals surface area (Å²) in [6, 6.07) is 61.6. The highest BCUT2D eigenvalue weighted by atomic mass is 32.1. The minimum absolute atomic E-state index is 0.646. The van der Waals surface area contributed by atoms with Gasteiger partial charge in [0.1, 0.15) is 0 Å². The highest BCUT2D eigenvalue weighted by Gasteiger charge is 2.19. The summed E-state index contributed by atoms with van der Waals surface area (Å²) in [7, 11) is 0. The van der Waals surface area contributed by atoms with Crippen molar-refractivity contribution in [2.24, 2.45) is 0 Å². The maximum atomic E-state index is 5.20. The van der Waals surface area contributed by atoms with Gasteiger partial charge in [0.2, 0.25) is 0 Å². The number of hydrogen-bond acceptors (Lipinski definition) is 4. The van der Waals surface area contributed by atoms with E-state index in [2.05, 4.69) is 152 Å². The zero-order valence-corrected chi connectivity index (χ0v) is 27.3. The Labute approximate surface area is 288 Å². The number of nitrogens with zero attached hydrogens (tertiary/aromatic N) is 3. The van der Waals surface area contributed by atoms with E-state index in [1.807, 2.05) is 35.6 Å². The first-order valence-electron chi connectivity index (χ1n) is 16.4. The Balaban J connectivity index is 1.18. The van der Waals surface area contributed by atoms with E-state index in [9.17, 15) is 0 Å². The Kier molecular flexibility index (Phi) is 7.34. The van der Waals surface area contributed by atoms with E-state index in [0.717, 1.165) is 38.9 Å². The molecule has 4 heteroatoms. The first kappa shape index (κ1) is 29.0. The fourth-order valence-electron chi connectivity index (χ4n) is 6.47. The summed E-state index contributed by atoms with van der Waals surface area (Å²) < 4.78 is 2.46. The Hall–Kier alpha value is -6.23. The van der Waals surface area contributed by atoms with Gasteiger partial charge < -0.3 is 0 Å². The molecule has 0 saturated heterocycles. The molecule has 0 aliphatic heterocycles. The third-order valence-electron chi connectivity index (χ3n) is 8.96. The highest BCUT2D eigenvalue weighted by Crippen LogP contribution is 2.42. The lowest BCUT2D eigenvalue weighted by Gasteiger charge is -2.12. The van der Waals surface area contributed by atoms with Crippen molar-refractivity contribution in [1.82, 2.24) is 15.0 Å². The zero-order chi connectivity index (χ0) is 32.6. The van der Waals surface area contributed by atoms with E-state index in [0.29, 0.717) is 17.5 Å². The monoisotopic (exact) mass is 643 g/mol. The van der Waals surface area contributed by atoms with Crippen LogP contribution in [0.5, 0.6) is 0 Å². The van der Waals surface area contributed by atoms with Crippen LogP contribution in [0.1, 0.15) is 0 Å². The summed E-state index contributed by atoms with van der Waals surface area (Å²) in [5, 5.41) is 2.38. The van der Waals surface area contributed by atoms with Gasteiger partial charge in [0.25, 0.3) is 0 Å². The summed E-state index contributed by atoms with van der Waals surface area (Å²) in [6.45, 7) is 0. The van der Waals surface area contributed by atoms with Crippen molar-refractivity contribution < 1.29 is 0 Å². The SMILES string of the molecule is c1ccc(-c2ccc(-c3ccc(-c4nc(-c5ccccc5)nc(-c5cc(-c6ccccc6)cc6sc7ccccc7c56)n4)cc3)cc2)cc1. The summed E-state index contributed by atoms with van der Waals surface area (Å²) in [4.78, 5) is 15.4. The van der Waals surface area contributed by atoms with Crippen LogP contribution in [0.25, 0.3) is 87.7 Å². The van der Waals surface area contributed by atoms with Gasteiger partial charge in [-0.3, -0.25) is 0 Å². The largest absolute Gasteiger partial charge is 0.208 e. The van der Waals surface area contributed by atoms with Crippen LogP contribution >= 0.6 is 11.3 Å². The number of fused-ring (bicyclic) bond motifs is 3. The first-order valence-corrected chi connectivity index (χ1v) is 17.2. The van der Waals surface area contributed by atoms with E-state index in [1.54, 1.807) is 0 Å². The predicted molar refractivity (Wildman–Crippen MR) is 205 cm³/mol. The minimum atomic E-state index is 0.646. The van der Waals surface area contributed by atoms with Gasteiger partial charge in [0, 0.05) is 36.9 Å². The number of hydrogen-bond donors (Lipinski definition) is 0. The Bertz CT molecular complexity index is 2560. The van der Waals surface area contributed by atoms with Crippen LogP contribution in [0, 0.1) is 0 Å². The van der Waals surface area contributed by atoms with Crippen LogP contribution in [-0.4, -0.2) is 15.0 Å². The molecule has 7 aromatic carbocycles. The molecule has 3 nitrogen and oxygen atoms in total. The maximum absolute atomic E-state index is 5.20. The molecule has 0 aliphatic rings. The fraction of sp³-hybridized carbons (Fsp3) is 0. The molecule has 2 heterocycles. The Morgan fingerprint density at radius 1 is 0.306 bits per heavy atom. The molecular formula is C45H29N3S. The van der Waals surface area contributed by atoms with Crippen molar-refractivity contribution >= 4 is 31.5 Å². The average Bonchev–Trinajstić information content (AvgIpc) is 3.57. The molecule has 49 heavy (non-hydrogen) atoms. The smallest absolute Gasteiger partial charge is 0.164 e. The second-order valence-corrected chi connectivity index (χ2v) is 13.1. The molecule has 0 spiro atoms. The standard InChI is InChI=1S/C45H29N3S/c1-4-12-30(13-5-1)32-20-22-33(23-21-32)34-24-26-36(27-25-34)44-46-43(35-16-8-3-9-17-35)47-45(48-44)39-28-37(31-14-6-2-7-15-31)29-41-42(39)38-18-10-11-19-40(38)49-41/h1-29H. The lowest BCUT2D eigenvalue weighted by atomic mass is 9.98. The van der Waals surface area contributed by atoms with Crippen LogP contribution in [-0.2, 0) is 0 Å². The van der Waals surface area contributed by atoms with E-state index < -0.39 is 0 Å². The average molecular weight is 644 g/mol. The number of benzene rings is 7. The molecule has 2 aromatic heterocycles. The molecule has 0 saturated carbocycles. The quantitative estimate of drug-likeness (QED) is 0.181. The molecule has 0 bridgehead atoms. The molecule has 0 atom stereocenters. The fourth-order valence-corrected chi connectivity index (χ4v) is 7.64. The topological polar surface area (TPSA) is 38.7 Å². The van der Waals surface area contributed by atoms with Gasteiger partial charge in [0.15, 0.2) is 17.5 Å². The summed E-state index contributed by atoms with van der Waals surface area (Å²) in [6.07, 6.45) is 0. The minimum Gasteiger partial charge on any atom is -0.208 e. The molecule has 0 aliphatic carbocycles. The van der Waals surface area contributed by atoms with Crippen LogP contribution in [0.15, 0.2) is 176 Å². The van der Waals surface area contributed by atoms with Gasteiger partial charge >= 0.3 is 0 Å². The van der Waals surface area contributed by atoms with Crippen LogP contribution in [0.3, 0.4) is 0 Å². The van der Waals surface area contributed by atoms with Gasteiger partial charge in [-0.25, -0.2) is 15.0 Å². The van der Waals surface area contributed by atoms with Gasteiger partial charge in [0.05, 0.1) is 0 Å². The second-order valence-electron chi connectivity index (χ2n) is 12.1. The summed E-state index contributed by atoms with van der Waals surface area (Å²) in [5.41, 5.74) is 9.92. The van der Waals surface area contributed by atoms with Gasteiger partial charge in [-0.2, -0.15) is 0 Å². The lowest BCUT2D eigenvalue weighted by Crippen LogP contribution is -2.00. The molecular weight excluding hydrogens is 615 g/mol. The van der Waals surface area contributed by atoms with Crippen LogP contribution < -0.4 is 0 Å². The van der Waals surface area contributed by atoms with Gasteiger partial charge in [-0.05, 0) is 51.6 Å². The van der Waals surface area contributed by atoms with Crippen LogP contribution in [0.4, 0.5) is 0 Å². The van der Waals surface area contributed by atoms with Crippen molar-refractivity contribution in [2.45, 2.75) is 0 Å². The van der Waals surface area contributed by atoms with Gasteiger partial charge in [-0.1, -0.05) is 158 Å². The molecule has 9 rings (SSSR count). The molecule has 0 radical (unpaired) electrons. The molecule has 0 amide bonds. The normalized spacial score (nSPS) is 11.3. The second kappa shape index (κ2) is 12.4. The Morgan fingerprint density at radius 3 is 1.29 bits per heavy atom. The van der Waals surface area contributed by atoms with Crippen LogP contribution in [0.2, 0.25) is 0 Å². The van der Waals surface area contributed by atoms with E-state index in [-0.39, 0.29) is 0 Å². The third-order valence-corrected chi connectivity index (χ3v) is 10.1. The van der Waals surface area contributed by atoms with Gasteiger partial charge in [-0.15, -0.1) is 11.3 Å². The van der Waals surface area contributed by atoms with E-state index in [4.69, 9.17) is 15.0 Å². The van der Waals surface area contributed by atoms with Crippen molar-refractivity contribution in [2.75, 3.05) is 0 Å². The highest BCUT2D eigenvalue weighted by molar-refractivity contribution is 7.26. The first-order chi connectivity index (χ1) is 24.3. The maximum Gasteiger partial charge on any atom is 0.164 e. The lowest BCUT2D eigenvalue weighted by molar-refractivity contribution is 1.08. The van der Waals surface area contributed by atoms with Crippen molar-refractivity contribution in [1.29, 1.82) is 0 Å². The molecule has 0 unspecified atom stereocenters. The number of rotatable bonds is 6. The van der Waals surface area contributed by atoms with E-state index in [1.165, 1.54) is 31.3 Å². The van der Waals surface area contributed by atoms with Crippen molar-refractivity contribution in [3.8, 4) is 67.5 Å². The van der Waals surface area contributed by atoms with E-state index >= 15 is 0 Å². The summed E-state index contributed by atoms with van der Waals surface area (Å²) in [5.74, 6) is 1.96. The molecule has 0 N–H and O–H groups in total. The predicted octanol–water partition coefficient (Wildman–Crippen LogP) is 12.2. The van der Waals surface area contributed by atoms with Crippen molar-refractivity contribution in [3.63, 3.8) is 0 Å². The number of aromatic nitrogens is 3. The Morgan fingerprint density at radius 2 is 0.714 bits per heavy atom. The third kappa shape index (κ3) is 5.58. The molecule has 0 fully saturated rings.